The van der Waals surface area contributed by atoms with Crippen LogP contribution >= 0.6 is 0 Å². The first-order valence-corrected chi connectivity index (χ1v) is 10.5. The molecule has 9 heteroatoms. The average molecular weight is 426 g/mol. The van der Waals surface area contributed by atoms with Gasteiger partial charge in [0.25, 0.3) is 11.8 Å². The third-order valence-corrected chi connectivity index (χ3v) is 5.55. The quantitative estimate of drug-likeness (QED) is 0.675. The molecule has 0 aliphatic carbocycles. The molecule has 0 spiro atoms. The number of aromatic nitrogens is 1. The highest BCUT2D eigenvalue weighted by Gasteiger charge is 2.28. The number of Topliss-reactive ketones (excluding diaryl/α,β-unsaturated/α-hetero) is 1. The molecular weight excluding hydrogens is 400 g/mol. The van der Waals surface area contributed by atoms with Gasteiger partial charge in [0.2, 0.25) is 5.89 Å². The van der Waals surface area contributed by atoms with E-state index in [0.717, 1.165) is 19.6 Å². The van der Waals surface area contributed by atoms with Crippen LogP contribution in [0.3, 0.4) is 0 Å². The fourth-order valence-corrected chi connectivity index (χ4v) is 3.82. The maximum Gasteiger partial charge on any atom is 0.273 e. The van der Waals surface area contributed by atoms with Crippen LogP contribution in [0.4, 0.5) is 5.69 Å². The van der Waals surface area contributed by atoms with Crippen molar-refractivity contribution < 1.29 is 23.5 Å². The van der Waals surface area contributed by atoms with Gasteiger partial charge in [0.15, 0.2) is 18.1 Å². The molecule has 0 saturated carbocycles. The van der Waals surface area contributed by atoms with Crippen LogP contribution in [0.25, 0.3) is 0 Å². The lowest BCUT2D eigenvalue weighted by molar-refractivity contribution is -0.121. The van der Waals surface area contributed by atoms with E-state index < -0.39 is 0 Å². The van der Waals surface area contributed by atoms with Crippen LogP contribution in [0.1, 0.15) is 52.9 Å². The monoisotopic (exact) mass is 426 g/mol. The summed E-state index contributed by atoms with van der Waals surface area (Å²) in [6.45, 7) is 4.89. The zero-order valence-electron chi connectivity index (χ0n) is 17.6. The molecule has 2 aromatic rings. The van der Waals surface area contributed by atoms with Crippen molar-refractivity contribution in [3.8, 4) is 5.75 Å². The second kappa shape index (κ2) is 9.30. The first-order chi connectivity index (χ1) is 15.0. The van der Waals surface area contributed by atoms with Gasteiger partial charge in [0.1, 0.15) is 18.6 Å². The number of ether oxygens (including phenoxy) is 1. The number of nitrogens with one attached hydrogen (secondary N) is 1. The lowest BCUT2D eigenvalue weighted by atomic mass is 10.1. The number of benzene rings is 1. The molecule has 2 aliphatic rings. The molecule has 9 nitrogen and oxygen atoms in total. The van der Waals surface area contributed by atoms with Crippen molar-refractivity contribution in [1.29, 1.82) is 0 Å². The van der Waals surface area contributed by atoms with Crippen LogP contribution in [-0.2, 0) is 11.3 Å². The highest BCUT2D eigenvalue weighted by Crippen LogP contribution is 2.34. The summed E-state index contributed by atoms with van der Waals surface area (Å²) in [5, 5.41) is 2.87. The molecule has 4 rings (SSSR count). The van der Waals surface area contributed by atoms with Gasteiger partial charge < -0.3 is 19.4 Å². The number of hydrogen-bond acceptors (Lipinski definition) is 7. The molecule has 1 saturated heterocycles. The van der Waals surface area contributed by atoms with Gasteiger partial charge in [-0.3, -0.25) is 19.3 Å². The summed E-state index contributed by atoms with van der Waals surface area (Å²) in [7, 11) is 0. The number of anilines is 1. The van der Waals surface area contributed by atoms with E-state index in [1.807, 2.05) is 0 Å². The van der Waals surface area contributed by atoms with Crippen LogP contribution in [0.2, 0.25) is 0 Å². The van der Waals surface area contributed by atoms with Gasteiger partial charge in [-0.25, -0.2) is 4.98 Å². The average Bonchev–Trinajstić information content (AvgIpc) is 3.25. The number of rotatable bonds is 7. The summed E-state index contributed by atoms with van der Waals surface area (Å²) in [5.74, 6) is 0.0429. The van der Waals surface area contributed by atoms with Gasteiger partial charge in [0.05, 0.1) is 5.69 Å². The molecule has 0 unspecified atom stereocenters. The van der Waals surface area contributed by atoms with Gasteiger partial charge in [0, 0.05) is 18.7 Å². The van der Waals surface area contributed by atoms with Crippen molar-refractivity contribution in [2.75, 3.05) is 37.7 Å². The van der Waals surface area contributed by atoms with E-state index >= 15 is 0 Å². The molecule has 1 fully saturated rings. The van der Waals surface area contributed by atoms with Crippen LogP contribution < -0.4 is 15.0 Å². The second-order valence-electron chi connectivity index (χ2n) is 7.79. The molecule has 3 heterocycles. The molecule has 1 aromatic carbocycles. The van der Waals surface area contributed by atoms with Crippen molar-refractivity contribution in [2.24, 2.45) is 0 Å². The normalized spacial score (nSPS) is 16.5. The highest BCUT2D eigenvalue weighted by atomic mass is 16.5. The van der Waals surface area contributed by atoms with E-state index in [2.05, 4.69) is 15.2 Å². The van der Waals surface area contributed by atoms with Gasteiger partial charge in [-0.15, -0.1) is 0 Å². The summed E-state index contributed by atoms with van der Waals surface area (Å²) < 4.78 is 10.9. The summed E-state index contributed by atoms with van der Waals surface area (Å²) in [5.41, 5.74) is 1.13. The largest absolute Gasteiger partial charge is 0.482 e. The SMILES string of the molecule is CC(=O)c1ccc2c(c1)N(Cc1nc(C(=O)NCCN3CCCCC3)co1)C(=O)CO2. The Balaban J connectivity index is 1.39. The Morgan fingerprint density at radius 1 is 1.19 bits per heavy atom. The molecule has 0 bridgehead atoms. The minimum absolute atomic E-state index is 0.0393. The van der Waals surface area contributed by atoms with E-state index in [4.69, 9.17) is 9.15 Å². The lowest BCUT2D eigenvalue weighted by Crippen LogP contribution is -2.38. The number of carbonyl (C=O) groups is 3. The van der Waals surface area contributed by atoms with Crippen molar-refractivity contribution in [3.05, 3.63) is 41.6 Å². The zero-order chi connectivity index (χ0) is 21.8. The number of hydrogen-bond donors (Lipinski definition) is 1. The molecule has 2 aliphatic heterocycles. The third-order valence-electron chi connectivity index (χ3n) is 5.55. The Hall–Kier alpha value is -3.20. The number of ketones is 1. The number of oxazole rings is 1. The Labute approximate surface area is 180 Å². The molecule has 31 heavy (non-hydrogen) atoms. The minimum atomic E-state index is -0.306. The van der Waals surface area contributed by atoms with Crippen molar-refractivity contribution in [2.45, 2.75) is 32.7 Å². The highest BCUT2D eigenvalue weighted by molar-refractivity contribution is 6.01. The molecular formula is C22H26N4O5. The van der Waals surface area contributed by atoms with Crippen LogP contribution in [-0.4, -0.2) is 60.3 Å². The van der Waals surface area contributed by atoms with Gasteiger partial charge >= 0.3 is 0 Å². The van der Waals surface area contributed by atoms with E-state index in [-0.39, 0.29) is 42.3 Å². The summed E-state index contributed by atoms with van der Waals surface area (Å²) in [6.07, 6.45) is 4.98. The number of nitrogens with zero attached hydrogens (tertiary/aromatic N) is 3. The lowest BCUT2D eigenvalue weighted by Gasteiger charge is -2.28. The summed E-state index contributed by atoms with van der Waals surface area (Å²) >= 11 is 0. The van der Waals surface area contributed by atoms with Crippen LogP contribution in [0, 0.1) is 0 Å². The predicted octanol–water partition coefficient (Wildman–Crippen LogP) is 2.02. The van der Waals surface area contributed by atoms with E-state index in [9.17, 15) is 14.4 Å². The van der Waals surface area contributed by atoms with Crippen LogP contribution in [0.15, 0.2) is 28.9 Å². The molecule has 2 amide bonds. The predicted molar refractivity (Wildman–Crippen MR) is 112 cm³/mol. The summed E-state index contributed by atoms with van der Waals surface area (Å²) in [4.78, 5) is 44.6. The number of amides is 2. The first-order valence-electron chi connectivity index (χ1n) is 10.5. The minimum Gasteiger partial charge on any atom is -0.482 e. The van der Waals surface area contributed by atoms with Crippen LogP contribution in [0.5, 0.6) is 5.75 Å². The fourth-order valence-electron chi connectivity index (χ4n) is 3.82. The molecule has 1 N–H and O–H groups in total. The molecule has 164 valence electrons. The third kappa shape index (κ3) is 4.93. The molecule has 0 atom stereocenters. The van der Waals surface area contributed by atoms with E-state index in [1.165, 1.54) is 37.3 Å². The number of piperidine rings is 1. The van der Waals surface area contributed by atoms with Gasteiger partial charge in [-0.1, -0.05) is 6.42 Å². The number of fused-ring (bicyclic) bond motifs is 1. The maximum atomic E-state index is 12.4. The van der Waals surface area contributed by atoms with E-state index in [0.29, 0.717) is 23.5 Å². The summed E-state index contributed by atoms with van der Waals surface area (Å²) in [6, 6.07) is 4.95. The zero-order valence-corrected chi connectivity index (χ0v) is 17.6. The Kier molecular flexibility index (Phi) is 6.31. The van der Waals surface area contributed by atoms with Crippen molar-refractivity contribution in [3.63, 3.8) is 0 Å². The molecule has 1 aromatic heterocycles. The second-order valence-corrected chi connectivity index (χ2v) is 7.79. The first kappa shape index (κ1) is 21.0. The standard InChI is InChI=1S/C22H26N4O5/c1-15(27)16-5-6-19-18(11-16)26(21(28)14-30-19)12-20-24-17(13-31-20)22(29)23-7-10-25-8-3-2-4-9-25/h5-6,11,13H,2-4,7-10,12,14H2,1H3,(H,23,29). The Morgan fingerprint density at radius 3 is 2.77 bits per heavy atom. The fraction of sp³-hybridized carbons (Fsp3) is 0.455. The maximum absolute atomic E-state index is 12.4. The van der Waals surface area contributed by atoms with E-state index in [1.54, 1.807) is 18.2 Å². The van der Waals surface area contributed by atoms with Gasteiger partial charge in [-0.2, -0.15) is 0 Å². The van der Waals surface area contributed by atoms with Gasteiger partial charge in [-0.05, 0) is 51.1 Å². The Bertz CT molecular complexity index is 980. The number of carbonyl (C=O) groups excluding carboxylic acids is 3. The molecule has 0 radical (unpaired) electrons. The van der Waals surface area contributed by atoms with Crippen molar-refractivity contribution in [1.82, 2.24) is 15.2 Å². The number of likely N-dealkylation sites (tertiary alicyclic amines) is 1. The topological polar surface area (TPSA) is 105 Å². The van der Waals surface area contributed by atoms with Crippen molar-refractivity contribution >= 4 is 23.3 Å². The smallest absolute Gasteiger partial charge is 0.273 e. The Morgan fingerprint density at radius 2 is 2.00 bits per heavy atom.